The Balaban J connectivity index is 1.71. The fourth-order valence-corrected chi connectivity index (χ4v) is 2.49. The smallest absolute Gasteiger partial charge is 0.0581 e. The summed E-state index contributed by atoms with van der Waals surface area (Å²) in [5.74, 6) is 0.749. The maximum Gasteiger partial charge on any atom is 0.0581 e. The van der Waals surface area contributed by atoms with E-state index < -0.39 is 0 Å². The van der Waals surface area contributed by atoms with Gasteiger partial charge in [0.2, 0.25) is 0 Å². The second kappa shape index (κ2) is 9.90. The summed E-state index contributed by atoms with van der Waals surface area (Å²) in [5, 5.41) is 0. The van der Waals surface area contributed by atoms with Crippen LogP contribution in [0.25, 0.3) is 0 Å². The van der Waals surface area contributed by atoms with Crippen LogP contribution in [0.4, 0.5) is 0 Å². The Hall–Kier alpha value is -0.0800. The van der Waals surface area contributed by atoms with Crippen molar-refractivity contribution >= 4 is 0 Å². The second-order valence-electron chi connectivity index (χ2n) is 5.54. The Labute approximate surface area is 107 Å². The highest BCUT2D eigenvalue weighted by molar-refractivity contribution is 4.80. The van der Waals surface area contributed by atoms with Gasteiger partial charge >= 0.3 is 0 Å². The normalized spacial score (nSPS) is 23.6. The highest BCUT2D eigenvalue weighted by atomic mass is 16.5. The van der Waals surface area contributed by atoms with E-state index in [1.807, 2.05) is 0 Å². The van der Waals surface area contributed by atoms with Gasteiger partial charge in [-0.25, -0.2) is 0 Å². The first kappa shape index (κ1) is 15.0. The lowest BCUT2D eigenvalue weighted by molar-refractivity contribution is -0.0291. The lowest BCUT2D eigenvalue weighted by atomic mass is 9.82. The van der Waals surface area contributed by atoms with Gasteiger partial charge in [0.25, 0.3) is 0 Å². The lowest BCUT2D eigenvalue weighted by Crippen LogP contribution is -2.36. The van der Waals surface area contributed by atoms with Gasteiger partial charge in [-0.1, -0.05) is 51.9 Å². The minimum Gasteiger partial charge on any atom is -0.378 e. The predicted molar refractivity (Wildman–Crippen MR) is 74.1 cm³/mol. The van der Waals surface area contributed by atoms with E-state index in [0.29, 0.717) is 6.10 Å². The Morgan fingerprint density at radius 1 is 0.941 bits per heavy atom. The summed E-state index contributed by atoms with van der Waals surface area (Å²) in [5.41, 5.74) is 5.58. The summed E-state index contributed by atoms with van der Waals surface area (Å²) in [6.45, 7) is 4.08. The Morgan fingerprint density at radius 2 is 1.53 bits per heavy atom. The van der Waals surface area contributed by atoms with Gasteiger partial charge in [0.05, 0.1) is 6.10 Å². The van der Waals surface area contributed by atoms with Crippen molar-refractivity contribution in [3.05, 3.63) is 0 Å². The van der Waals surface area contributed by atoms with E-state index in [0.717, 1.165) is 19.1 Å². The fourth-order valence-electron chi connectivity index (χ4n) is 2.49. The zero-order valence-electron chi connectivity index (χ0n) is 11.6. The van der Waals surface area contributed by atoms with Crippen molar-refractivity contribution in [3.63, 3.8) is 0 Å². The van der Waals surface area contributed by atoms with Crippen molar-refractivity contribution in [1.29, 1.82) is 0 Å². The Bertz CT molecular complexity index is 166. The summed E-state index contributed by atoms with van der Waals surface area (Å²) >= 11 is 0. The SMILES string of the molecule is CCCCCCCCCCOC1CC(CN)C1. The third-order valence-electron chi connectivity index (χ3n) is 3.88. The first-order valence-corrected chi connectivity index (χ1v) is 7.68. The van der Waals surface area contributed by atoms with Crippen molar-refractivity contribution in [1.82, 2.24) is 0 Å². The molecule has 0 heterocycles. The minimum absolute atomic E-state index is 0.535. The molecule has 17 heavy (non-hydrogen) atoms. The van der Waals surface area contributed by atoms with Crippen molar-refractivity contribution in [2.24, 2.45) is 11.7 Å². The van der Waals surface area contributed by atoms with E-state index >= 15 is 0 Å². The molecule has 1 fully saturated rings. The van der Waals surface area contributed by atoms with E-state index in [1.54, 1.807) is 0 Å². The van der Waals surface area contributed by atoms with Crippen molar-refractivity contribution in [3.8, 4) is 0 Å². The number of unbranched alkanes of at least 4 members (excludes halogenated alkanes) is 7. The molecule has 1 aliphatic rings. The predicted octanol–water partition coefficient (Wildman–Crippen LogP) is 3.88. The standard InChI is InChI=1S/C15H31NO/c1-2-3-4-5-6-7-8-9-10-17-15-11-14(12-15)13-16/h14-15H,2-13,16H2,1H3. The molecule has 1 saturated carbocycles. The summed E-state index contributed by atoms with van der Waals surface area (Å²) in [6, 6.07) is 0. The number of hydrogen-bond donors (Lipinski definition) is 1. The lowest BCUT2D eigenvalue weighted by Gasteiger charge is -2.34. The van der Waals surface area contributed by atoms with Crippen LogP contribution < -0.4 is 5.73 Å². The first-order valence-electron chi connectivity index (χ1n) is 7.68. The van der Waals surface area contributed by atoms with Crippen LogP contribution in [-0.4, -0.2) is 19.3 Å². The molecule has 0 aliphatic heterocycles. The molecular formula is C15H31NO. The second-order valence-corrected chi connectivity index (χ2v) is 5.54. The molecule has 2 nitrogen and oxygen atoms in total. The van der Waals surface area contributed by atoms with Crippen molar-refractivity contribution in [2.75, 3.05) is 13.2 Å². The molecule has 0 radical (unpaired) electrons. The number of ether oxygens (including phenoxy) is 1. The van der Waals surface area contributed by atoms with Crippen LogP contribution in [0.5, 0.6) is 0 Å². The molecular weight excluding hydrogens is 210 g/mol. The topological polar surface area (TPSA) is 35.2 Å². The average molecular weight is 241 g/mol. The largest absolute Gasteiger partial charge is 0.378 e. The van der Waals surface area contributed by atoms with E-state index in [1.165, 1.54) is 64.2 Å². The van der Waals surface area contributed by atoms with E-state index in [-0.39, 0.29) is 0 Å². The molecule has 0 spiro atoms. The maximum absolute atomic E-state index is 5.80. The van der Waals surface area contributed by atoms with Crippen molar-refractivity contribution < 1.29 is 4.74 Å². The van der Waals surface area contributed by atoms with Gasteiger partial charge in [-0.05, 0) is 31.7 Å². The molecule has 0 aromatic carbocycles. The van der Waals surface area contributed by atoms with Crippen LogP contribution in [0.1, 0.15) is 71.1 Å². The third-order valence-corrected chi connectivity index (χ3v) is 3.88. The van der Waals surface area contributed by atoms with Gasteiger partial charge in [-0.2, -0.15) is 0 Å². The van der Waals surface area contributed by atoms with Gasteiger partial charge in [0.15, 0.2) is 0 Å². The summed E-state index contributed by atoms with van der Waals surface area (Å²) in [6.07, 6.45) is 13.9. The van der Waals surface area contributed by atoms with Crippen molar-refractivity contribution in [2.45, 2.75) is 77.2 Å². The van der Waals surface area contributed by atoms with Gasteiger partial charge in [-0.3, -0.25) is 0 Å². The van der Waals surface area contributed by atoms with Crippen LogP contribution in [0.3, 0.4) is 0 Å². The number of hydrogen-bond acceptors (Lipinski definition) is 2. The average Bonchev–Trinajstić information content (AvgIpc) is 2.29. The van der Waals surface area contributed by atoms with E-state index in [2.05, 4.69) is 6.92 Å². The molecule has 0 unspecified atom stereocenters. The van der Waals surface area contributed by atoms with E-state index in [4.69, 9.17) is 10.5 Å². The quantitative estimate of drug-likeness (QED) is 0.557. The molecule has 0 atom stereocenters. The monoisotopic (exact) mass is 241 g/mol. The Kier molecular flexibility index (Phi) is 8.72. The fraction of sp³-hybridized carbons (Fsp3) is 1.00. The summed E-state index contributed by atoms with van der Waals surface area (Å²) in [4.78, 5) is 0. The summed E-state index contributed by atoms with van der Waals surface area (Å²) in [7, 11) is 0. The maximum atomic E-state index is 5.80. The molecule has 2 heteroatoms. The van der Waals surface area contributed by atoms with Crippen LogP contribution in [0.2, 0.25) is 0 Å². The van der Waals surface area contributed by atoms with Gasteiger partial charge in [0, 0.05) is 6.61 Å². The van der Waals surface area contributed by atoms with E-state index in [9.17, 15) is 0 Å². The molecule has 0 saturated heterocycles. The molecule has 1 aliphatic carbocycles. The zero-order chi connectivity index (χ0) is 12.3. The molecule has 0 aromatic rings. The van der Waals surface area contributed by atoms with Crippen LogP contribution >= 0.6 is 0 Å². The minimum atomic E-state index is 0.535. The molecule has 102 valence electrons. The summed E-state index contributed by atoms with van der Waals surface area (Å²) < 4.78 is 5.80. The molecule has 2 N–H and O–H groups in total. The number of rotatable bonds is 11. The number of nitrogens with two attached hydrogens (primary N) is 1. The highest BCUT2D eigenvalue weighted by Crippen LogP contribution is 2.29. The molecule has 1 rings (SSSR count). The first-order chi connectivity index (χ1) is 8.36. The molecule has 0 aromatic heterocycles. The van der Waals surface area contributed by atoms with Crippen LogP contribution in [0.15, 0.2) is 0 Å². The van der Waals surface area contributed by atoms with Gasteiger partial charge in [0.1, 0.15) is 0 Å². The van der Waals surface area contributed by atoms with Gasteiger partial charge < -0.3 is 10.5 Å². The zero-order valence-corrected chi connectivity index (χ0v) is 11.6. The highest BCUT2D eigenvalue weighted by Gasteiger charge is 2.28. The van der Waals surface area contributed by atoms with Gasteiger partial charge in [-0.15, -0.1) is 0 Å². The molecule has 0 bridgehead atoms. The third kappa shape index (κ3) is 7.05. The van der Waals surface area contributed by atoms with Crippen LogP contribution in [-0.2, 0) is 4.74 Å². The molecule has 0 amide bonds. The Morgan fingerprint density at radius 3 is 2.12 bits per heavy atom. The van der Waals surface area contributed by atoms with Crippen LogP contribution in [0, 0.1) is 5.92 Å².